The third-order valence-corrected chi connectivity index (χ3v) is 4.77. The lowest BCUT2D eigenvalue weighted by Crippen LogP contribution is -2.44. The minimum Gasteiger partial charge on any atom is -0.481 e. The van der Waals surface area contributed by atoms with Crippen molar-refractivity contribution in [3.63, 3.8) is 0 Å². The van der Waals surface area contributed by atoms with Crippen LogP contribution in [0.2, 0.25) is 0 Å². The van der Waals surface area contributed by atoms with E-state index in [2.05, 4.69) is 17.9 Å². The Morgan fingerprint density at radius 2 is 2.45 bits per heavy atom. The smallest absolute Gasteiger partial charge is 0.304 e. The van der Waals surface area contributed by atoms with E-state index in [1.165, 1.54) is 0 Å². The Bertz CT molecular complexity index is 527. The van der Waals surface area contributed by atoms with Gasteiger partial charge in [-0.1, -0.05) is 12.1 Å². The number of thioether (sulfide) groups is 1. The second-order valence-corrected chi connectivity index (χ2v) is 6.13. The number of carbonyl (C=O) groups is 1. The summed E-state index contributed by atoms with van der Waals surface area (Å²) < 4.78 is 0. The normalized spacial score (nSPS) is 21.1. The monoisotopic (exact) mass is 290 g/mol. The molecule has 1 aliphatic heterocycles. The summed E-state index contributed by atoms with van der Waals surface area (Å²) in [6, 6.07) is 9.92. The van der Waals surface area contributed by atoms with Crippen LogP contribution in [-0.4, -0.2) is 40.1 Å². The van der Waals surface area contributed by atoms with E-state index >= 15 is 0 Å². The summed E-state index contributed by atoms with van der Waals surface area (Å²) in [4.78, 5) is 13.2. The molecule has 1 aromatic carbocycles. The van der Waals surface area contributed by atoms with Crippen molar-refractivity contribution in [3.05, 3.63) is 35.4 Å². The van der Waals surface area contributed by atoms with Crippen molar-refractivity contribution >= 4 is 17.7 Å². The summed E-state index contributed by atoms with van der Waals surface area (Å²) in [5, 5.41) is 18.0. The molecule has 1 aromatic rings. The van der Waals surface area contributed by atoms with Gasteiger partial charge in [0, 0.05) is 30.1 Å². The minimum absolute atomic E-state index is 0.0620. The zero-order valence-corrected chi connectivity index (χ0v) is 12.3. The molecule has 106 valence electrons. The fourth-order valence-electron chi connectivity index (χ4n) is 2.61. The first-order valence-corrected chi connectivity index (χ1v) is 7.82. The zero-order valence-electron chi connectivity index (χ0n) is 11.5. The van der Waals surface area contributed by atoms with Crippen LogP contribution in [0.25, 0.3) is 0 Å². The minimum atomic E-state index is -0.750. The largest absolute Gasteiger partial charge is 0.481 e. The SMILES string of the molecule is CC(c1cccc(C#N)c1)N1CCSCC1CC(=O)O. The molecule has 5 heteroatoms. The lowest BCUT2D eigenvalue weighted by atomic mass is 10.0. The lowest BCUT2D eigenvalue weighted by molar-refractivity contribution is -0.138. The Morgan fingerprint density at radius 3 is 3.15 bits per heavy atom. The van der Waals surface area contributed by atoms with Gasteiger partial charge in [-0.3, -0.25) is 9.69 Å². The summed E-state index contributed by atoms with van der Waals surface area (Å²) in [6.45, 7) is 2.97. The third-order valence-electron chi connectivity index (χ3n) is 3.68. The molecule has 0 radical (unpaired) electrons. The topological polar surface area (TPSA) is 64.3 Å². The summed E-state index contributed by atoms with van der Waals surface area (Å²) in [7, 11) is 0. The molecule has 2 rings (SSSR count). The van der Waals surface area contributed by atoms with Crippen molar-refractivity contribution in [1.29, 1.82) is 5.26 Å². The molecule has 2 unspecified atom stereocenters. The number of hydrogen-bond acceptors (Lipinski definition) is 4. The first kappa shape index (κ1) is 14.9. The number of nitriles is 1. The molecule has 0 bridgehead atoms. The maximum atomic E-state index is 11.0. The highest BCUT2D eigenvalue weighted by Gasteiger charge is 2.29. The molecule has 20 heavy (non-hydrogen) atoms. The molecular weight excluding hydrogens is 272 g/mol. The van der Waals surface area contributed by atoms with Gasteiger partial charge < -0.3 is 5.11 Å². The molecule has 0 spiro atoms. The zero-order chi connectivity index (χ0) is 14.5. The highest BCUT2D eigenvalue weighted by Crippen LogP contribution is 2.29. The maximum absolute atomic E-state index is 11.0. The van der Waals surface area contributed by atoms with Gasteiger partial charge in [0.1, 0.15) is 0 Å². The van der Waals surface area contributed by atoms with E-state index in [9.17, 15) is 4.79 Å². The summed E-state index contributed by atoms with van der Waals surface area (Å²) >= 11 is 1.81. The number of hydrogen-bond donors (Lipinski definition) is 1. The van der Waals surface area contributed by atoms with Crippen LogP contribution >= 0.6 is 11.8 Å². The fourth-order valence-corrected chi connectivity index (χ4v) is 3.70. The van der Waals surface area contributed by atoms with Crippen molar-refractivity contribution in [3.8, 4) is 6.07 Å². The highest BCUT2D eigenvalue weighted by atomic mass is 32.2. The van der Waals surface area contributed by atoms with Gasteiger partial charge in [0.05, 0.1) is 18.1 Å². The van der Waals surface area contributed by atoms with E-state index in [-0.39, 0.29) is 18.5 Å². The van der Waals surface area contributed by atoms with E-state index in [0.29, 0.717) is 5.56 Å². The van der Waals surface area contributed by atoms with Crippen LogP contribution < -0.4 is 0 Å². The van der Waals surface area contributed by atoms with Crippen LogP contribution in [0.4, 0.5) is 0 Å². The summed E-state index contributed by atoms with van der Waals surface area (Å²) in [6.07, 6.45) is 0.176. The quantitative estimate of drug-likeness (QED) is 0.923. The van der Waals surface area contributed by atoms with Crippen LogP contribution in [0, 0.1) is 11.3 Å². The van der Waals surface area contributed by atoms with Crippen molar-refractivity contribution in [2.75, 3.05) is 18.1 Å². The standard InChI is InChI=1S/C15H18N2O2S/c1-11(13-4-2-3-12(7-13)9-16)17-5-6-20-10-14(17)8-15(18)19/h2-4,7,11,14H,5-6,8,10H2,1H3,(H,18,19). The van der Waals surface area contributed by atoms with Gasteiger partial charge in [-0.2, -0.15) is 17.0 Å². The Hall–Kier alpha value is -1.51. The molecule has 1 saturated heterocycles. The van der Waals surface area contributed by atoms with Crippen LogP contribution in [0.15, 0.2) is 24.3 Å². The number of aliphatic carboxylic acids is 1. The number of rotatable bonds is 4. The second kappa shape index (κ2) is 6.78. The van der Waals surface area contributed by atoms with Gasteiger partial charge in [-0.25, -0.2) is 0 Å². The molecule has 2 atom stereocenters. The van der Waals surface area contributed by atoms with Gasteiger partial charge in [0.2, 0.25) is 0 Å². The highest BCUT2D eigenvalue weighted by molar-refractivity contribution is 7.99. The first-order valence-electron chi connectivity index (χ1n) is 6.67. The summed E-state index contributed by atoms with van der Waals surface area (Å²) in [5.41, 5.74) is 1.72. The summed E-state index contributed by atoms with van der Waals surface area (Å²) in [5.74, 6) is 1.13. The average molecular weight is 290 g/mol. The average Bonchev–Trinajstić information content (AvgIpc) is 2.46. The molecule has 0 saturated carbocycles. The van der Waals surface area contributed by atoms with E-state index in [1.807, 2.05) is 30.0 Å². The Morgan fingerprint density at radius 1 is 1.65 bits per heavy atom. The van der Waals surface area contributed by atoms with E-state index < -0.39 is 5.97 Å². The Balaban J connectivity index is 2.18. The van der Waals surface area contributed by atoms with Gasteiger partial charge in [0.15, 0.2) is 0 Å². The van der Waals surface area contributed by atoms with Gasteiger partial charge in [-0.15, -0.1) is 0 Å². The Labute approximate surface area is 123 Å². The molecule has 0 aromatic heterocycles. The molecule has 1 fully saturated rings. The van der Waals surface area contributed by atoms with Crippen molar-refractivity contribution < 1.29 is 9.90 Å². The number of nitrogens with zero attached hydrogens (tertiary/aromatic N) is 2. The number of carboxylic acids is 1. The van der Waals surface area contributed by atoms with E-state index in [1.54, 1.807) is 6.07 Å². The molecule has 1 aliphatic rings. The lowest BCUT2D eigenvalue weighted by Gasteiger charge is -2.39. The second-order valence-electron chi connectivity index (χ2n) is 4.98. The van der Waals surface area contributed by atoms with Crippen molar-refractivity contribution in [2.24, 2.45) is 0 Å². The van der Waals surface area contributed by atoms with Crippen LogP contribution in [0.3, 0.4) is 0 Å². The molecule has 1 N–H and O–H groups in total. The first-order chi connectivity index (χ1) is 9.61. The predicted octanol–water partition coefficient (Wildman–Crippen LogP) is 2.51. The van der Waals surface area contributed by atoms with E-state index in [0.717, 1.165) is 23.6 Å². The molecule has 1 heterocycles. The molecule has 0 amide bonds. The third kappa shape index (κ3) is 3.53. The molecule has 4 nitrogen and oxygen atoms in total. The van der Waals surface area contributed by atoms with Gasteiger partial charge in [-0.05, 0) is 24.6 Å². The van der Waals surface area contributed by atoms with Crippen LogP contribution in [0.1, 0.15) is 30.5 Å². The number of benzene rings is 1. The van der Waals surface area contributed by atoms with E-state index in [4.69, 9.17) is 10.4 Å². The van der Waals surface area contributed by atoms with Crippen molar-refractivity contribution in [1.82, 2.24) is 4.90 Å². The van der Waals surface area contributed by atoms with Gasteiger partial charge >= 0.3 is 5.97 Å². The van der Waals surface area contributed by atoms with Gasteiger partial charge in [0.25, 0.3) is 0 Å². The van der Waals surface area contributed by atoms with Crippen LogP contribution in [0.5, 0.6) is 0 Å². The fraction of sp³-hybridized carbons (Fsp3) is 0.467. The molecule has 0 aliphatic carbocycles. The Kier molecular flexibility index (Phi) is 5.05. The molecular formula is C15H18N2O2S. The maximum Gasteiger partial charge on any atom is 0.304 e. The predicted molar refractivity (Wildman–Crippen MR) is 79.6 cm³/mol. The number of carboxylic acid groups (broad SMARTS) is 1. The van der Waals surface area contributed by atoms with Crippen molar-refractivity contribution in [2.45, 2.75) is 25.4 Å². The van der Waals surface area contributed by atoms with Crippen LogP contribution in [-0.2, 0) is 4.79 Å².